The summed E-state index contributed by atoms with van der Waals surface area (Å²) in [7, 11) is 0. The molecule has 122 valence electrons. The summed E-state index contributed by atoms with van der Waals surface area (Å²) in [6.07, 6.45) is 5.86. The molecule has 1 N–H and O–H groups in total. The van der Waals surface area contributed by atoms with Crippen LogP contribution in [-0.4, -0.2) is 17.5 Å². The molecule has 1 spiro atoms. The molecular formula is C18H20ClNO3. The highest BCUT2D eigenvalue weighted by Gasteiger charge is 2.47. The number of rotatable bonds is 2. The summed E-state index contributed by atoms with van der Waals surface area (Å²) in [5, 5.41) is 3.13. The van der Waals surface area contributed by atoms with Crippen LogP contribution in [0.15, 0.2) is 24.3 Å². The van der Waals surface area contributed by atoms with Crippen LogP contribution in [-0.2, 0) is 14.4 Å². The number of carbonyl (C=O) groups excluding carboxylic acids is 3. The molecule has 0 bridgehead atoms. The van der Waals surface area contributed by atoms with Crippen molar-refractivity contribution in [1.29, 1.82) is 0 Å². The first-order chi connectivity index (χ1) is 11.0. The Hall–Kier alpha value is -1.68. The van der Waals surface area contributed by atoms with Gasteiger partial charge in [0.25, 0.3) is 0 Å². The number of benzene rings is 1. The van der Waals surface area contributed by atoms with E-state index in [1.807, 2.05) is 0 Å². The van der Waals surface area contributed by atoms with E-state index in [-0.39, 0.29) is 17.0 Å². The maximum absolute atomic E-state index is 12.5. The van der Waals surface area contributed by atoms with Crippen LogP contribution in [0, 0.1) is 11.3 Å². The molecule has 0 unspecified atom stereocenters. The smallest absolute Gasteiger partial charge is 0.242 e. The lowest BCUT2D eigenvalue weighted by atomic mass is 9.62. The van der Waals surface area contributed by atoms with Crippen LogP contribution in [0.3, 0.4) is 0 Å². The topological polar surface area (TPSA) is 63.2 Å². The average molecular weight is 334 g/mol. The predicted molar refractivity (Wildman–Crippen MR) is 88.3 cm³/mol. The third-order valence-corrected chi connectivity index (χ3v) is 5.25. The Labute approximate surface area is 140 Å². The van der Waals surface area contributed by atoms with Crippen molar-refractivity contribution in [2.45, 2.75) is 44.9 Å². The number of halogens is 1. The molecule has 4 nitrogen and oxygen atoms in total. The number of ketones is 2. The Morgan fingerprint density at radius 2 is 1.74 bits per heavy atom. The summed E-state index contributed by atoms with van der Waals surface area (Å²) in [6, 6.07) is 6.69. The first-order valence-corrected chi connectivity index (χ1v) is 8.49. The van der Waals surface area contributed by atoms with E-state index in [0.29, 0.717) is 23.6 Å². The molecular weight excluding hydrogens is 314 g/mol. The Kier molecular flexibility index (Phi) is 4.53. The molecule has 23 heavy (non-hydrogen) atoms. The maximum Gasteiger partial charge on any atom is 0.242 e. The molecule has 1 aromatic rings. The zero-order valence-corrected chi connectivity index (χ0v) is 13.7. The van der Waals surface area contributed by atoms with Crippen molar-refractivity contribution in [2.75, 3.05) is 5.32 Å². The minimum absolute atomic E-state index is 0.181. The van der Waals surface area contributed by atoms with Gasteiger partial charge >= 0.3 is 0 Å². The second-order valence-corrected chi connectivity index (χ2v) is 7.22. The average Bonchev–Trinajstić information content (AvgIpc) is 2.47. The van der Waals surface area contributed by atoms with Crippen LogP contribution < -0.4 is 5.32 Å². The van der Waals surface area contributed by atoms with Crippen LogP contribution in [0.1, 0.15) is 44.9 Å². The van der Waals surface area contributed by atoms with Gasteiger partial charge in [-0.25, -0.2) is 0 Å². The maximum atomic E-state index is 12.5. The number of amides is 1. The van der Waals surface area contributed by atoms with Crippen LogP contribution in [0.4, 0.5) is 5.69 Å². The van der Waals surface area contributed by atoms with E-state index in [1.165, 1.54) is 6.42 Å². The van der Waals surface area contributed by atoms with Crippen molar-refractivity contribution in [3.8, 4) is 0 Å². The second-order valence-electron chi connectivity index (χ2n) is 6.78. The standard InChI is InChI=1S/C18H20ClNO3/c19-12-5-4-6-13(9-12)20-17(23)16-14(21)10-18(11-15(16)22)7-2-1-3-8-18/h4-6,9,16H,1-3,7-8,10-11H2,(H,20,23). The van der Waals surface area contributed by atoms with Crippen LogP contribution >= 0.6 is 11.6 Å². The van der Waals surface area contributed by atoms with E-state index in [4.69, 9.17) is 11.6 Å². The summed E-state index contributed by atoms with van der Waals surface area (Å²) >= 11 is 5.88. The first-order valence-electron chi connectivity index (χ1n) is 8.11. The number of carbonyl (C=O) groups is 3. The van der Waals surface area contributed by atoms with Crippen LogP contribution in [0.25, 0.3) is 0 Å². The lowest BCUT2D eigenvalue weighted by Crippen LogP contribution is -2.46. The predicted octanol–water partition coefficient (Wildman–Crippen LogP) is 3.78. The van der Waals surface area contributed by atoms with E-state index in [9.17, 15) is 14.4 Å². The fourth-order valence-corrected chi connectivity index (χ4v) is 4.10. The van der Waals surface area contributed by atoms with E-state index < -0.39 is 11.8 Å². The number of nitrogens with one attached hydrogen (secondary N) is 1. The Balaban J connectivity index is 1.72. The summed E-state index contributed by atoms with van der Waals surface area (Å²) in [5.41, 5.74) is 0.320. The Morgan fingerprint density at radius 3 is 2.35 bits per heavy atom. The molecule has 2 aliphatic carbocycles. The molecule has 1 amide bonds. The molecule has 2 aliphatic rings. The summed E-state index contributed by atoms with van der Waals surface area (Å²) < 4.78 is 0. The third kappa shape index (κ3) is 3.47. The lowest BCUT2D eigenvalue weighted by molar-refractivity contribution is -0.145. The van der Waals surface area contributed by atoms with Gasteiger partial charge in [0.05, 0.1) is 0 Å². The van der Waals surface area contributed by atoms with Gasteiger partial charge in [-0.2, -0.15) is 0 Å². The molecule has 0 aromatic heterocycles. The van der Waals surface area contributed by atoms with Gasteiger partial charge in [-0.3, -0.25) is 14.4 Å². The molecule has 0 radical (unpaired) electrons. The van der Waals surface area contributed by atoms with E-state index >= 15 is 0 Å². The Bertz CT molecular complexity index is 629. The molecule has 5 heteroatoms. The SMILES string of the molecule is O=C1CC2(CCCCC2)CC(=O)C1C(=O)Nc1cccc(Cl)c1. The third-order valence-electron chi connectivity index (χ3n) is 5.01. The summed E-state index contributed by atoms with van der Waals surface area (Å²) in [6.45, 7) is 0. The van der Waals surface area contributed by atoms with Crippen molar-refractivity contribution < 1.29 is 14.4 Å². The fraction of sp³-hybridized carbons (Fsp3) is 0.500. The monoisotopic (exact) mass is 333 g/mol. The van der Waals surface area contributed by atoms with Crippen molar-refractivity contribution in [1.82, 2.24) is 0 Å². The van der Waals surface area contributed by atoms with Crippen molar-refractivity contribution in [3.63, 3.8) is 0 Å². The van der Waals surface area contributed by atoms with Crippen molar-refractivity contribution >= 4 is 34.8 Å². The largest absolute Gasteiger partial charge is 0.325 e. The minimum atomic E-state index is -1.17. The zero-order valence-electron chi connectivity index (χ0n) is 12.9. The number of Topliss-reactive ketones (excluding diaryl/α,β-unsaturated/α-hetero) is 2. The second kappa shape index (κ2) is 6.44. The van der Waals surface area contributed by atoms with Gasteiger partial charge in [-0.1, -0.05) is 36.9 Å². The number of anilines is 1. The summed E-state index contributed by atoms with van der Waals surface area (Å²) in [5.74, 6) is -2.17. The highest BCUT2D eigenvalue weighted by molar-refractivity contribution is 6.31. The molecule has 1 aromatic carbocycles. The van der Waals surface area contributed by atoms with Gasteiger partial charge in [0.2, 0.25) is 5.91 Å². The molecule has 0 heterocycles. The first kappa shape index (κ1) is 16.2. The quantitative estimate of drug-likeness (QED) is 0.838. The molecule has 0 saturated heterocycles. The normalized spacial score (nSPS) is 21.4. The van der Waals surface area contributed by atoms with E-state index in [1.54, 1.807) is 24.3 Å². The highest BCUT2D eigenvalue weighted by atomic mass is 35.5. The molecule has 0 atom stereocenters. The van der Waals surface area contributed by atoms with Crippen LogP contribution in [0.2, 0.25) is 5.02 Å². The number of hydrogen-bond donors (Lipinski definition) is 1. The van der Waals surface area contributed by atoms with Gasteiger partial charge in [0.15, 0.2) is 17.5 Å². The highest BCUT2D eigenvalue weighted by Crippen LogP contribution is 2.46. The van der Waals surface area contributed by atoms with Gasteiger partial charge in [0, 0.05) is 23.6 Å². The zero-order chi connectivity index (χ0) is 16.4. The summed E-state index contributed by atoms with van der Waals surface area (Å²) in [4.78, 5) is 37.3. The minimum Gasteiger partial charge on any atom is -0.325 e. The molecule has 3 rings (SSSR count). The van der Waals surface area contributed by atoms with Gasteiger partial charge in [-0.15, -0.1) is 0 Å². The molecule has 0 aliphatic heterocycles. The number of hydrogen-bond acceptors (Lipinski definition) is 3. The molecule has 2 fully saturated rings. The van der Waals surface area contributed by atoms with Crippen molar-refractivity contribution in [3.05, 3.63) is 29.3 Å². The lowest BCUT2D eigenvalue weighted by Gasteiger charge is -2.40. The van der Waals surface area contributed by atoms with Crippen LogP contribution in [0.5, 0.6) is 0 Å². The van der Waals surface area contributed by atoms with E-state index in [2.05, 4.69) is 5.32 Å². The Morgan fingerprint density at radius 1 is 1.09 bits per heavy atom. The van der Waals surface area contributed by atoms with Gasteiger partial charge in [-0.05, 0) is 36.5 Å². The van der Waals surface area contributed by atoms with Gasteiger partial charge in [0.1, 0.15) is 0 Å². The molecule has 2 saturated carbocycles. The van der Waals surface area contributed by atoms with Gasteiger partial charge < -0.3 is 5.32 Å². The van der Waals surface area contributed by atoms with Crippen molar-refractivity contribution in [2.24, 2.45) is 11.3 Å². The fourth-order valence-electron chi connectivity index (χ4n) is 3.91. The van der Waals surface area contributed by atoms with E-state index in [0.717, 1.165) is 25.7 Å².